The summed E-state index contributed by atoms with van der Waals surface area (Å²) >= 11 is 0. The average Bonchev–Trinajstić information content (AvgIpc) is 2.41. The monoisotopic (exact) mass is 237 g/mol. The minimum absolute atomic E-state index is 0. The van der Waals surface area contributed by atoms with Gasteiger partial charge in [0.1, 0.15) is 0 Å². The van der Waals surface area contributed by atoms with Crippen LogP contribution in [0.5, 0.6) is 0 Å². The van der Waals surface area contributed by atoms with E-state index < -0.39 is 0 Å². The Kier molecular flexibility index (Phi) is 10.5. The quantitative estimate of drug-likeness (QED) is 0.518. The molecule has 0 saturated heterocycles. The Hall–Kier alpha value is -0.287. The van der Waals surface area contributed by atoms with Crippen molar-refractivity contribution in [1.82, 2.24) is 0 Å². The minimum Gasteiger partial charge on any atom is -0.214 e. The van der Waals surface area contributed by atoms with Crippen LogP contribution in [-0.4, -0.2) is 0 Å². The summed E-state index contributed by atoms with van der Waals surface area (Å²) < 4.78 is 0. The van der Waals surface area contributed by atoms with Crippen LogP contribution < -0.4 is 0 Å². The second-order valence-electron chi connectivity index (χ2n) is 2.52. The van der Waals surface area contributed by atoms with Crippen molar-refractivity contribution < 1.29 is 26.2 Å². The first-order valence-electron chi connectivity index (χ1n) is 3.62. The molecule has 1 heteroatoms. The summed E-state index contributed by atoms with van der Waals surface area (Å²) in [5.74, 6) is 0. The maximum atomic E-state index is 3.66. The minimum atomic E-state index is 0. The van der Waals surface area contributed by atoms with Crippen molar-refractivity contribution in [3.8, 4) is 0 Å². The molecule has 0 aromatic heterocycles. The van der Waals surface area contributed by atoms with Crippen LogP contribution in [0.15, 0.2) is 54.6 Å². The molecule has 0 bridgehead atoms. The first-order chi connectivity index (χ1) is 5.14. The molecule has 1 aromatic rings. The van der Waals surface area contributed by atoms with Crippen molar-refractivity contribution >= 4 is 0 Å². The molecule has 1 aromatic carbocycles. The molecule has 0 spiro atoms. The van der Waals surface area contributed by atoms with Gasteiger partial charge < -0.3 is 0 Å². The van der Waals surface area contributed by atoms with Crippen LogP contribution in [0.1, 0.15) is 13.8 Å². The second-order valence-corrected chi connectivity index (χ2v) is 2.52. The van der Waals surface area contributed by atoms with E-state index >= 15 is 0 Å². The van der Waals surface area contributed by atoms with Gasteiger partial charge in [-0.3, -0.25) is 0 Å². The molecular formula is C11H15Zr-. The Labute approximate surface area is 94.5 Å². The zero-order valence-corrected chi connectivity index (χ0v) is 10.3. The predicted molar refractivity (Wildman–Crippen MR) is 51.7 cm³/mol. The molecular weight excluding hydrogens is 223 g/mol. The first-order valence-corrected chi connectivity index (χ1v) is 3.62. The van der Waals surface area contributed by atoms with E-state index in [1.807, 2.05) is 44.2 Å². The van der Waals surface area contributed by atoms with Gasteiger partial charge in [0, 0.05) is 26.2 Å². The summed E-state index contributed by atoms with van der Waals surface area (Å²) in [6.45, 7) is 11.2. The molecule has 0 aliphatic carbocycles. The van der Waals surface area contributed by atoms with Crippen LogP contribution in [0.4, 0.5) is 0 Å². The van der Waals surface area contributed by atoms with Crippen LogP contribution in [0, 0.1) is 0 Å². The van der Waals surface area contributed by atoms with Gasteiger partial charge in [-0.25, -0.2) is 12.1 Å². The molecule has 0 aliphatic rings. The summed E-state index contributed by atoms with van der Waals surface area (Å²) in [5, 5.41) is 0. The third-order valence-corrected chi connectivity index (χ3v) is 1.28. The van der Waals surface area contributed by atoms with Gasteiger partial charge in [-0.2, -0.15) is 18.2 Å². The Balaban J connectivity index is 0. The van der Waals surface area contributed by atoms with Crippen molar-refractivity contribution in [2.45, 2.75) is 13.8 Å². The number of hydrogen-bond acceptors (Lipinski definition) is 0. The molecule has 0 aliphatic heterocycles. The largest absolute Gasteiger partial charge is 0.214 e. The Bertz CT molecular complexity index is 178. The van der Waals surface area contributed by atoms with E-state index in [1.54, 1.807) is 0 Å². The van der Waals surface area contributed by atoms with Gasteiger partial charge in [-0.15, -0.1) is 0 Å². The smallest absolute Gasteiger partial charge is 0 e. The molecule has 0 heterocycles. The number of rotatable bonds is 1. The summed E-state index contributed by atoms with van der Waals surface area (Å²) in [6.07, 6.45) is 0. The fourth-order valence-corrected chi connectivity index (χ4v) is 0.321. The van der Waals surface area contributed by atoms with Crippen LogP contribution in [0.3, 0.4) is 0 Å². The normalized spacial score (nSPS) is 7.17. The van der Waals surface area contributed by atoms with E-state index in [2.05, 4.69) is 13.2 Å². The molecule has 0 nitrogen and oxygen atoms in total. The number of allylic oxidation sites excluding steroid dienone is 2. The summed E-state index contributed by atoms with van der Waals surface area (Å²) in [6, 6.07) is 10.0. The SMILES string of the molecule is C=C(C)C(=C)C.[Zr].c1cc[cH-]c1. The van der Waals surface area contributed by atoms with E-state index in [1.165, 1.54) is 0 Å². The first kappa shape index (κ1) is 14.2. The van der Waals surface area contributed by atoms with Crippen LogP contribution in [-0.2, 0) is 26.2 Å². The van der Waals surface area contributed by atoms with Crippen molar-refractivity contribution in [2.24, 2.45) is 0 Å². The Morgan fingerprint density at radius 3 is 1.42 bits per heavy atom. The number of hydrogen-bond donors (Lipinski definition) is 0. The second kappa shape index (κ2) is 8.81. The molecule has 12 heavy (non-hydrogen) atoms. The van der Waals surface area contributed by atoms with Gasteiger partial charge in [0.05, 0.1) is 0 Å². The Morgan fingerprint density at radius 1 is 1.00 bits per heavy atom. The van der Waals surface area contributed by atoms with Crippen molar-refractivity contribution in [3.63, 3.8) is 0 Å². The average molecular weight is 238 g/mol. The van der Waals surface area contributed by atoms with Gasteiger partial charge in [-0.05, 0) is 13.8 Å². The van der Waals surface area contributed by atoms with E-state index in [-0.39, 0.29) is 26.2 Å². The molecule has 0 unspecified atom stereocenters. The molecule has 1 rings (SSSR count). The van der Waals surface area contributed by atoms with E-state index in [0.29, 0.717) is 0 Å². The fourth-order valence-electron chi connectivity index (χ4n) is 0.321. The Morgan fingerprint density at radius 2 is 1.33 bits per heavy atom. The van der Waals surface area contributed by atoms with Crippen molar-refractivity contribution in [2.75, 3.05) is 0 Å². The molecule has 0 amide bonds. The molecule has 0 N–H and O–H groups in total. The molecule has 0 fully saturated rings. The van der Waals surface area contributed by atoms with Crippen molar-refractivity contribution in [3.05, 3.63) is 54.6 Å². The zero-order chi connectivity index (χ0) is 8.69. The standard InChI is InChI=1S/C6H10.C5H5.Zr/c1-5(2)6(3)4;1-2-4-5-3-1;/h1,3H2,2,4H3;1-5H;/q;-1;. The summed E-state index contributed by atoms with van der Waals surface area (Å²) in [5.41, 5.74) is 2.13. The summed E-state index contributed by atoms with van der Waals surface area (Å²) in [7, 11) is 0. The molecule has 0 saturated carbocycles. The van der Waals surface area contributed by atoms with E-state index in [9.17, 15) is 0 Å². The van der Waals surface area contributed by atoms with Crippen molar-refractivity contribution in [1.29, 1.82) is 0 Å². The predicted octanol–water partition coefficient (Wildman–Crippen LogP) is 3.54. The third kappa shape index (κ3) is 9.71. The topological polar surface area (TPSA) is 0 Å². The maximum Gasteiger partial charge on any atom is 0 e. The van der Waals surface area contributed by atoms with Crippen LogP contribution in [0.25, 0.3) is 0 Å². The van der Waals surface area contributed by atoms with Crippen LogP contribution in [0.2, 0.25) is 0 Å². The van der Waals surface area contributed by atoms with Gasteiger partial charge in [0.25, 0.3) is 0 Å². The van der Waals surface area contributed by atoms with Gasteiger partial charge >= 0.3 is 0 Å². The molecule has 0 radical (unpaired) electrons. The maximum absolute atomic E-state index is 3.66. The van der Waals surface area contributed by atoms with E-state index in [0.717, 1.165) is 11.1 Å². The van der Waals surface area contributed by atoms with Gasteiger partial charge in [-0.1, -0.05) is 24.3 Å². The molecule has 0 atom stereocenters. The van der Waals surface area contributed by atoms with Gasteiger partial charge in [0.15, 0.2) is 0 Å². The fraction of sp³-hybridized carbons (Fsp3) is 0.182. The third-order valence-electron chi connectivity index (χ3n) is 1.28. The summed E-state index contributed by atoms with van der Waals surface area (Å²) in [4.78, 5) is 0. The zero-order valence-electron chi connectivity index (χ0n) is 7.80. The molecule has 64 valence electrons. The van der Waals surface area contributed by atoms with Gasteiger partial charge in [0.2, 0.25) is 0 Å². The van der Waals surface area contributed by atoms with E-state index in [4.69, 9.17) is 0 Å². The van der Waals surface area contributed by atoms with Crippen LogP contribution >= 0.6 is 0 Å².